The number of sulfonamides is 1. The quantitative estimate of drug-likeness (QED) is 0.759. The van der Waals surface area contributed by atoms with Crippen LogP contribution in [0.3, 0.4) is 0 Å². The lowest BCUT2D eigenvalue weighted by Gasteiger charge is -2.25. The van der Waals surface area contributed by atoms with Gasteiger partial charge in [-0.3, -0.25) is 9.69 Å². The molecule has 0 aromatic heterocycles. The highest BCUT2D eigenvalue weighted by molar-refractivity contribution is 7.89. The van der Waals surface area contributed by atoms with Crippen molar-refractivity contribution in [2.45, 2.75) is 45.1 Å². The predicted octanol–water partition coefficient (Wildman–Crippen LogP) is 0.987. The lowest BCUT2D eigenvalue weighted by Crippen LogP contribution is -2.38. The molecule has 1 fully saturated rings. The van der Waals surface area contributed by atoms with Gasteiger partial charge in [0.05, 0.1) is 12.3 Å². The van der Waals surface area contributed by atoms with Crippen molar-refractivity contribution in [3.8, 4) is 0 Å². The third-order valence-electron chi connectivity index (χ3n) is 3.81. The number of nitrogens with zero attached hydrogens (tertiary/aromatic N) is 2. The number of unbranched alkanes of at least 4 members (excludes halogenated alkanes) is 1. The van der Waals surface area contributed by atoms with E-state index in [-0.39, 0.29) is 18.3 Å². The van der Waals surface area contributed by atoms with Crippen LogP contribution in [0.25, 0.3) is 0 Å². The Morgan fingerprint density at radius 2 is 2.05 bits per heavy atom. The summed E-state index contributed by atoms with van der Waals surface area (Å²) < 4.78 is 25.9. The van der Waals surface area contributed by atoms with Crippen LogP contribution < -0.4 is 0 Å². The number of carboxylic acids is 1. The molecule has 0 amide bonds. The summed E-state index contributed by atoms with van der Waals surface area (Å²) in [6.07, 6.45) is 3.91. The smallest absolute Gasteiger partial charge is 0.317 e. The fourth-order valence-corrected chi connectivity index (χ4v) is 4.27. The molecule has 0 bridgehead atoms. The maximum Gasteiger partial charge on any atom is 0.317 e. The van der Waals surface area contributed by atoms with Crippen molar-refractivity contribution < 1.29 is 18.3 Å². The molecular formula is C13H26N2O4S. The largest absolute Gasteiger partial charge is 0.480 e. The van der Waals surface area contributed by atoms with Gasteiger partial charge in [-0.15, -0.1) is 0 Å². The molecule has 1 atom stereocenters. The molecule has 1 rings (SSSR count). The van der Waals surface area contributed by atoms with Crippen LogP contribution in [0, 0.1) is 0 Å². The van der Waals surface area contributed by atoms with Crippen molar-refractivity contribution in [3.63, 3.8) is 0 Å². The van der Waals surface area contributed by atoms with Crippen LogP contribution in [0.2, 0.25) is 0 Å². The van der Waals surface area contributed by atoms with Gasteiger partial charge in [-0.1, -0.05) is 13.3 Å². The number of carboxylic acid groups (broad SMARTS) is 1. The zero-order valence-electron chi connectivity index (χ0n) is 12.4. The van der Waals surface area contributed by atoms with Crippen LogP contribution in [-0.4, -0.2) is 67.2 Å². The summed E-state index contributed by atoms with van der Waals surface area (Å²) in [6.45, 7) is 3.05. The zero-order chi connectivity index (χ0) is 15.2. The van der Waals surface area contributed by atoms with Crippen molar-refractivity contribution >= 4 is 16.0 Å². The summed E-state index contributed by atoms with van der Waals surface area (Å²) in [7, 11) is -1.35. The fourth-order valence-electron chi connectivity index (χ4n) is 2.57. The summed E-state index contributed by atoms with van der Waals surface area (Å²) >= 11 is 0. The van der Waals surface area contributed by atoms with Gasteiger partial charge in [0, 0.05) is 19.1 Å². The molecule has 1 heterocycles. The van der Waals surface area contributed by atoms with E-state index in [0.717, 1.165) is 19.3 Å². The number of hydrogen-bond donors (Lipinski definition) is 1. The van der Waals surface area contributed by atoms with Gasteiger partial charge in [-0.25, -0.2) is 12.7 Å². The van der Waals surface area contributed by atoms with E-state index in [0.29, 0.717) is 25.9 Å². The monoisotopic (exact) mass is 306 g/mol. The van der Waals surface area contributed by atoms with Crippen molar-refractivity contribution in [1.82, 2.24) is 9.21 Å². The number of aliphatic carboxylic acids is 1. The van der Waals surface area contributed by atoms with Crippen LogP contribution >= 0.6 is 0 Å². The molecule has 6 nitrogen and oxygen atoms in total. The van der Waals surface area contributed by atoms with E-state index < -0.39 is 16.0 Å². The molecule has 0 aromatic carbocycles. The summed E-state index contributed by atoms with van der Waals surface area (Å²) in [5, 5.41) is 8.82. The Morgan fingerprint density at radius 1 is 1.35 bits per heavy atom. The van der Waals surface area contributed by atoms with Gasteiger partial charge in [0.25, 0.3) is 0 Å². The highest BCUT2D eigenvalue weighted by Crippen LogP contribution is 2.18. The lowest BCUT2D eigenvalue weighted by molar-refractivity contribution is -0.138. The molecular weight excluding hydrogens is 280 g/mol. The lowest BCUT2D eigenvalue weighted by atomic mass is 10.1. The molecule has 1 aliphatic heterocycles. The Hall–Kier alpha value is -0.660. The van der Waals surface area contributed by atoms with Gasteiger partial charge >= 0.3 is 5.97 Å². The second-order valence-electron chi connectivity index (χ2n) is 5.46. The standard InChI is InChI=1S/C13H26N2O4S/c1-3-4-10-20(18,19)15-8-5-6-12(7-9-15)14(2)11-13(16)17/h12H,3-11H2,1-2H3,(H,16,17). The third kappa shape index (κ3) is 5.38. The van der Waals surface area contributed by atoms with Gasteiger partial charge in [0.1, 0.15) is 0 Å². The predicted molar refractivity (Wildman–Crippen MR) is 78.2 cm³/mol. The number of carbonyl (C=O) groups is 1. The van der Waals surface area contributed by atoms with Gasteiger partial charge in [-0.2, -0.15) is 0 Å². The van der Waals surface area contributed by atoms with E-state index in [9.17, 15) is 13.2 Å². The molecule has 0 aliphatic carbocycles. The summed E-state index contributed by atoms with van der Waals surface area (Å²) in [5.74, 6) is -0.622. The average Bonchev–Trinajstić information content (AvgIpc) is 2.61. The van der Waals surface area contributed by atoms with Crippen molar-refractivity contribution in [2.75, 3.05) is 32.4 Å². The number of hydrogen-bond acceptors (Lipinski definition) is 4. The van der Waals surface area contributed by atoms with E-state index in [1.165, 1.54) is 0 Å². The molecule has 118 valence electrons. The molecule has 0 spiro atoms. The van der Waals surface area contributed by atoms with Gasteiger partial charge in [-0.05, 0) is 32.7 Å². The van der Waals surface area contributed by atoms with Crippen molar-refractivity contribution in [1.29, 1.82) is 0 Å². The number of rotatable bonds is 7. The second kappa shape index (κ2) is 7.95. The van der Waals surface area contributed by atoms with Gasteiger partial charge < -0.3 is 5.11 Å². The molecule has 0 radical (unpaired) electrons. The normalized spacial score (nSPS) is 21.9. The maximum atomic E-state index is 12.2. The molecule has 7 heteroatoms. The topological polar surface area (TPSA) is 77.9 Å². The van der Waals surface area contributed by atoms with Crippen LogP contribution in [0.4, 0.5) is 0 Å². The molecule has 1 aliphatic rings. The van der Waals surface area contributed by atoms with E-state index in [4.69, 9.17) is 5.11 Å². The number of likely N-dealkylation sites (N-methyl/N-ethyl adjacent to an activating group) is 1. The molecule has 0 aromatic rings. The zero-order valence-corrected chi connectivity index (χ0v) is 13.2. The Bertz CT molecular complexity index is 411. The minimum Gasteiger partial charge on any atom is -0.480 e. The minimum absolute atomic E-state index is 0.00719. The average molecular weight is 306 g/mol. The summed E-state index contributed by atoms with van der Waals surface area (Å²) in [5.41, 5.74) is 0. The third-order valence-corrected chi connectivity index (χ3v) is 5.77. The first kappa shape index (κ1) is 17.4. The molecule has 1 saturated heterocycles. The highest BCUT2D eigenvalue weighted by Gasteiger charge is 2.27. The Morgan fingerprint density at radius 3 is 2.65 bits per heavy atom. The Labute approximate surface area is 121 Å². The first-order valence-corrected chi connectivity index (χ1v) is 8.87. The maximum absolute atomic E-state index is 12.2. The molecule has 1 N–H and O–H groups in total. The Balaban J connectivity index is 2.56. The van der Waals surface area contributed by atoms with E-state index in [1.807, 2.05) is 11.8 Å². The van der Waals surface area contributed by atoms with Crippen LogP contribution in [0.15, 0.2) is 0 Å². The van der Waals surface area contributed by atoms with E-state index in [2.05, 4.69) is 0 Å². The second-order valence-corrected chi connectivity index (χ2v) is 7.55. The molecule has 1 unspecified atom stereocenters. The highest BCUT2D eigenvalue weighted by atomic mass is 32.2. The summed E-state index contributed by atoms with van der Waals surface area (Å²) in [4.78, 5) is 12.5. The van der Waals surface area contributed by atoms with Crippen molar-refractivity contribution in [3.05, 3.63) is 0 Å². The van der Waals surface area contributed by atoms with E-state index in [1.54, 1.807) is 11.4 Å². The molecule has 20 heavy (non-hydrogen) atoms. The van der Waals surface area contributed by atoms with Crippen LogP contribution in [0.1, 0.15) is 39.0 Å². The van der Waals surface area contributed by atoms with Crippen molar-refractivity contribution in [2.24, 2.45) is 0 Å². The first-order valence-electron chi connectivity index (χ1n) is 7.26. The van der Waals surface area contributed by atoms with Crippen LogP contribution in [0.5, 0.6) is 0 Å². The summed E-state index contributed by atoms with van der Waals surface area (Å²) in [6, 6.07) is 0.150. The first-order chi connectivity index (χ1) is 9.36. The SMILES string of the molecule is CCCCS(=O)(=O)N1CCCC(N(C)CC(=O)O)CC1. The van der Waals surface area contributed by atoms with Crippen LogP contribution in [-0.2, 0) is 14.8 Å². The van der Waals surface area contributed by atoms with Gasteiger partial charge in [0.2, 0.25) is 10.0 Å². The van der Waals surface area contributed by atoms with Gasteiger partial charge in [0.15, 0.2) is 0 Å². The van der Waals surface area contributed by atoms with E-state index >= 15 is 0 Å². The minimum atomic E-state index is -3.14. The Kier molecular flexibility index (Phi) is 6.91. The fraction of sp³-hybridized carbons (Fsp3) is 0.923. The molecule has 0 saturated carbocycles.